The lowest BCUT2D eigenvalue weighted by Gasteiger charge is -2.23. The summed E-state index contributed by atoms with van der Waals surface area (Å²) in [5.41, 5.74) is 5.73. The van der Waals surface area contributed by atoms with Crippen LogP contribution in [-0.4, -0.2) is 45.3 Å². The summed E-state index contributed by atoms with van der Waals surface area (Å²) in [6.07, 6.45) is 3.98. The van der Waals surface area contributed by atoms with E-state index in [4.69, 9.17) is 10.1 Å². The average Bonchev–Trinajstić information content (AvgIpc) is 3.44. The molecule has 1 atom stereocenters. The first kappa shape index (κ1) is 20.0. The third-order valence-corrected chi connectivity index (χ3v) is 6.94. The fourth-order valence-corrected chi connectivity index (χ4v) is 5.06. The second-order valence-corrected chi connectivity index (χ2v) is 10.1. The van der Waals surface area contributed by atoms with Crippen LogP contribution in [0.1, 0.15) is 51.8 Å². The number of likely N-dealkylation sites (tertiary alicyclic amines) is 1. The van der Waals surface area contributed by atoms with E-state index < -0.39 is 0 Å². The summed E-state index contributed by atoms with van der Waals surface area (Å²) >= 11 is 0. The van der Waals surface area contributed by atoms with Gasteiger partial charge in [-0.25, -0.2) is 4.79 Å². The first-order chi connectivity index (χ1) is 14.8. The number of hydrogen-bond acceptors (Lipinski definition) is 3. The summed E-state index contributed by atoms with van der Waals surface area (Å²) in [7, 11) is 0. The molecule has 3 aromatic rings. The van der Waals surface area contributed by atoms with Crippen LogP contribution in [0.15, 0.2) is 36.5 Å². The molecule has 2 amide bonds. The molecule has 6 nitrogen and oxygen atoms in total. The van der Waals surface area contributed by atoms with Crippen molar-refractivity contribution in [2.45, 2.75) is 57.9 Å². The third kappa shape index (κ3) is 3.38. The fraction of sp³-hybridized carbons (Fsp3) is 0.480. The number of rotatable bonds is 2. The predicted octanol–water partition coefficient (Wildman–Crippen LogP) is 4.47. The maximum atomic E-state index is 12.3. The van der Waals surface area contributed by atoms with Crippen molar-refractivity contribution in [3.05, 3.63) is 47.8 Å². The number of benzene rings is 1. The second kappa shape index (κ2) is 7.08. The van der Waals surface area contributed by atoms with Gasteiger partial charge in [0.25, 0.3) is 0 Å². The number of aryl methyl sites for hydroxylation is 1. The van der Waals surface area contributed by atoms with Crippen LogP contribution in [0.2, 0.25) is 0 Å². The van der Waals surface area contributed by atoms with E-state index in [1.54, 1.807) is 0 Å². The zero-order valence-electron chi connectivity index (χ0n) is 18.9. The minimum atomic E-state index is 0.0278. The normalized spacial score (nSPS) is 20.6. The number of fused-ring (bicyclic) bond motifs is 3. The monoisotopic (exact) mass is 417 g/mol. The molecule has 31 heavy (non-hydrogen) atoms. The Bertz CT molecular complexity index is 1160. The maximum absolute atomic E-state index is 12.3. The maximum Gasteiger partial charge on any atom is 0.317 e. The quantitative estimate of drug-likeness (QED) is 0.669. The van der Waals surface area contributed by atoms with Gasteiger partial charge in [0.2, 0.25) is 0 Å². The van der Waals surface area contributed by atoms with Crippen molar-refractivity contribution in [1.82, 2.24) is 25.0 Å². The van der Waals surface area contributed by atoms with Crippen LogP contribution in [0.4, 0.5) is 4.79 Å². The Labute approximate surface area is 183 Å². The molecule has 5 rings (SSSR count). The molecule has 6 heteroatoms. The molecule has 0 radical (unpaired) electrons. The van der Waals surface area contributed by atoms with Gasteiger partial charge in [0.1, 0.15) is 0 Å². The number of urea groups is 1. The molecule has 1 fully saturated rings. The summed E-state index contributed by atoms with van der Waals surface area (Å²) in [5, 5.41) is 9.01. The number of nitrogens with zero attached hydrogens (tertiary/aromatic N) is 4. The van der Waals surface area contributed by atoms with E-state index in [0.29, 0.717) is 6.54 Å². The molecule has 162 valence electrons. The number of amides is 2. The van der Waals surface area contributed by atoms with E-state index in [2.05, 4.69) is 61.1 Å². The SMILES string of the molecule is CCNC(=O)N1CCC2(CCn3nc(-c4cnc5ccc(C(C)(C)C)cc5c4)cc32)C1. The van der Waals surface area contributed by atoms with Gasteiger partial charge in [-0.05, 0) is 55.0 Å². The molecule has 2 aliphatic heterocycles. The third-order valence-electron chi connectivity index (χ3n) is 6.94. The van der Waals surface area contributed by atoms with E-state index in [-0.39, 0.29) is 16.9 Å². The zero-order valence-corrected chi connectivity index (χ0v) is 18.9. The van der Waals surface area contributed by atoms with Crippen molar-refractivity contribution in [3.8, 4) is 11.3 Å². The van der Waals surface area contributed by atoms with Crippen molar-refractivity contribution in [2.75, 3.05) is 19.6 Å². The number of nitrogens with one attached hydrogen (secondary N) is 1. The molecular weight excluding hydrogens is 386 g/mol. The van der Waals surface area contributed by atoms with Gasteiger partial charge < -0.3 is 10.2 Å². The van der Waals surface area contributed by atoms with E-state index >= 15 is 0 Å². The van der Waals surface area contributed by atoms with Gasteiger partial charge in [-0.15, -0.1) is 0 Å². The van der Waals surface area contributed by atoms with Crippen LogP contribution in [-0.2, 0) is 17.4 Å². The van der Waals surface area contributed by atoms with Crippen LogP contribution >= 0.6 is 0 Å². The largest absolute Gasteiger partial charge is 0.338 e. The lowest BCUT2D eigenvalue weighted by molar-refractivity contribution is 0.206. The van der Waals surface area contributed by atoms with E-state index in [9.17, 15) is 4.79 Å². The predicted molar refractivity (Wildman–Crippen MR) is 123 cm³/mol. The highest BCUT2D eigenvalue weighted by atomic mass is 16.2. The minimum absolute atomic E-state index is 0.0278. The molecule has 1 unspecified atom stereocenters. The van der Waals surface area contributed by atoms with E-state index in [1.807, 2.05) is 18.0 Å². The van der Waals surface area contributed by atoms with Gasteiger partial charge in [-0.2, -0.15) is 5.10 Å². The van der Waals surface area contributed by atoms with Gasteiger partial charge in [-0.1, -0.05) is 26.8 Å². The molecule has 0 aliphatic carbocycles. The minimum Gasteiger partial charge on any atom is -0.338 e. The van der Waals surface area contributed by atoms with Crippen LogP contribution in [0.5, 0.6) is 0 Å². The Morgan fingerprint density at radius 2 is 1.97 bits per heavy atom. The zero-order chi connectivity index (χ0) is 21.8. The highest BCUT2D eigenvalue weighted by molar-refractivity contribution is 5.84. The summed E-state index contributed by atoms with van der Waals surface area (Å²) < 4.78 is 2.15. The fourth-order valence-electron chi connectivity index (χ4n) is 5.06. The first-order valence-corrected chi connectivity index (χ1v) is 11.3. The summed E-state index contributed by atoms with van der Waals surface area (Å²) in [6, 6.07) is 11.0. The van der Waals surface area contributed by atoms with Gasteiger partial charge >= 0.3 is 6.03 Å². The molecule has 1 saturated heterocycles. The number of pyridine rings is 1. The summed E-state index contributed by atoms with van der Waals surface area (Å²) in [4.78, 5) is 19.0. The molecule has 0 bridgehead atoms. The van der Waals surface area contributed by atoms with E-state index in [1.165, 1.54) is 11.3 Å². The van der Waals surface area contributed by atoms with Gasteiger partial charge in [-0.3, -0.25) is 9.67 Å². The number of carbonyl (C=O) groups is 1. The highest BCUT2D eigenvalue weighted by Gasteiger charge is 2.46. The summed E-state index contributed by atoms with van der Waals surface area (Å²) in [6.45, 7) is 11.8. The van der Waals surface area contributed by atoms with Crippen molar-refractivity contribution >= 4 is 16.9 Å². The van der Waals surface area contributed by atoms with Crippen molar-refractivity contribution in [1.29, 1.82) is 0 Å². The standard InChI is InChI=1S/C25H31N5O/c1-5-26-23(31)29-10-8-25(16-29)9-11-30-22(25)14-21(28-30)18-12-17-13-19(24(2,3)4)6-7-20(17)27-15-18/h6-7,12-15H,5,8-11,16H2,1-4H3,(H,26,31). The number of carbonyl (C=O) groups excluding carboxylic acids is 1. The van der Waals surface area contributed by atoms with Crippen molar-refractivity contribution < 1.29 is 4.79 Å². The van der Waals surface area contributed by atoms with E-state index in [0.717, 1.165) is 54.6 Å². The van der Waals surface area contributed by atoms with Gasteiger partial charge in [0.15, 0.2) is 0 Å². The Hall–Kier alpha value is -2.89. The molecule has 1 N–H and O–H groups in total. The smallest absolute Gasteiger partial charge is 0.317 e. The summed E-state index contributed by atoms with van der Waals surface area (Å²) in [5.74, 6) is 0. The second-order valence-electron chi connectivity index (χ2n) is 10.1. The molecule has 2 aromatic heterocycles. The lowest BCUT2D eigenvalue weighted by Crippen LogP contribution is -2.40. The molecule has 1 spiro atoms. The molecule has 1 aromatic carbocycles. The molecular formula is C25H31N5O. The average molecular weight is 418 g/mol. The lowest BCUT2D eigenvalue weighted by atomic mass is 9.82. The number of hydrogen-bond donors (Lipinski definition) is 1. The topological polar surface area (TPSA) is 63.1 Å². The highest BCUT2D eigenvalue weighted by Crippen LogP contribution is 2.43. The van der Waals surface area contributed by atoms with Crippen molar-refractivity contribution in [3.63, 3.8) is 0 Å². The molecule has 0 saturated carbocycles. The van der Waals surface area contributed by atoms with Gasteiger partial charge in [0.05, 0.1) is 11.2 Å². The van der Waals surface area contributed by atoms with Crippen LogP contribution in [0.25, 0.3) is 22.2 Å². The van der Waals surface area contributed by atoms with Crippen LogP contribution in [0, 0.1) is 0 Å². The van der Waals surface area contributed by atoms with Gasteiger partial charge in [0, 0.05) is 54.4 Å². The molecule has 4 heterocycles. The van der Waals surface area contributed by atoms with Crippen LogP contribution in [0.3, 0.4) is 0 Å². The molecule has 2 aliphatic rings. The Morgan fingerprint density at radius 3 is 2.74 bits per heavy atom. The first-order valence-electron chi connectivity index (χ1n) is 11.3. The Morgan fingerprint density at radius 1 is 1.16 bits per heavy atom. The van der Waals surface area contributed by atoms with Crippen LogP contribution < -0.4 is 5.32 Å². The van der Waals surface area contributed by atoms with Crippen molar-refractivity contribution in [2.24, 2.45) is 0 Å². The number of aromatic nitrogens is 3. The Kier molecular flexibility index (Phi) is 4.57. The Balaban J connectivity index is 1.47.